The predicted molar refractivity (Wildman–Crippen MR) is 136 cm³/mol. The molecule has 0 fully saturated rings. The second kappa shape index (κ2) is 9.97. The summed E-state index contributed by atoms with van der Waals surface area (Å²) in [6.07, 6.45) is 1.59. The van der Waals surface area contributed by atoms with Crippen LogP contribution in [0.3, 0.4) is 0 Å². The molecule has 0 saturated carbocycles. The summed E-state index contributed by atoms with van der Waals surface area (Å²) in [6.45, 7) is 4.20. The SMILES string of the molecule is CC(C)c1nc2ccc(Br)cc2c(=O)n1N=Cc1cc(Br)ccc1OCc1ccc(F)cc1. The van der Waals surface area contributed by atoms with Crippen LogP contribution in [-0.4, -0.2) is 15.9 Å². The van der Waals surface area contributed by atoms with Gasteiger partial charge < -0.3 is 4.74 Å². The number of hydrogen-bond donors (Lipinski definition) is 0. The van der Waals surface area contributed by atoms with Crippen molar-refractivity contribution in [3.63, 3.8) is 0 Å². The number of ether oxygens (including phenoxy) is 1. The van der Waals surface area contributed by atoms with Crippen LogP contribution in [0.1, 0.15) is 36.7 Å². The third kappa shape index (κ3) is 5.39. The molecule has 0 N–H and O–H groups in total. The van der Waals surface area contributed by atoms with E-state index in [0.29, 0.717) is 28.0 Å². The summed E-state index contributed by atoms with van der Waals surface area (Å²) in [6, 6.07) is 17.1. The zero-order valence-corrected chi connectivity index (χ0v) is 21.1. The molecular formula is C25H20Br2FN3O2. The molecule has 3 aromatic carbocycles. The highest BCUT2D eigenvalue weighted by atomic mass is 79.9. The molecule has 0 aliphatic rings. The van der Waals surface area contributed by atoms with E-state index in [0.717, 1.165) is 14.5 Å². The molecule has 4 rings (SSSR count). The molecule has 0 atom stereocenters. The summed E-state index contributed by atoms with van der Waals surface area (Å²) in [5, 5.41) is 4.98. The largest absolute Gasteiger partial charge is 0.488 e. The van der Waals surface area contributed by atoms with Gasteiger partial charge in [-0.1, -0.05) is 57.8 Å². The maximum atomic E-state index is 13.2. The minimum atomic E-state index is -0.294. The lowest BCUT2D eigenvalue weighted by molar-refractivity contribution is 0.305. The summed E-state index contributed by atoms with van der Waals surface area (Å²) < 4.78 is 22.1. The maximum absolute atomic E-state index is 13.2. The van der Waals surface area contributed by atoms with Crippen LogP contribution in [0.15, 0.2) is 79.5 Å². The molecule has 8 heteroatoms. The van der Waals surface area contributed by atoms with Crippen LogP contribution < -0.4 is 10.3 Å². The van der Waals surface area contributed by atoms with Crippen LogP contribution >= 0.6 is 31.9 Å². The molecule has 1 heterocycles. The summed E-state index contributed by atoms with van der Waals surface area (Å²) in [5.41, 5.74) is 1.90. The van der Waals surface area contributed by atoms with Crippen LogP contribution in [-0.2, 0) is 6.61 Å². The van der Waals surface area contributed by atoms with Gasteiger partial charge in [-0.3, -0.25) is 4.79 Å². The van der Waals surface area contributed by atoms with Gasteiger partial charge in [0, 0.05) is 20.4 Å². The third-order valence-electron chi connectivity index (χ3n) is 4.94. The molecular weight excluding hydrogens is 553 g/mol. The van der Waals surface area contributed by atoms with E-state index in [1.807, 2.05) is 44.2 Å². The van der Waals surface area contributed by atoms with Gasteiger partial charge in [0.2, 0.25) is 0 Å². The first-order chi connectivity index (χ1) is 15.8. The Bertz CT molecular complexity index is 1400. The van der Waals surface area contributed by atoms with Gasteiger partial charge in [0.25, 0.3) is 5.56 Å². The van der Waals surface area contributed by atoms with Crippen molar-refractivity contribution in [3.05, 3.63) is 103 Å². The molecule has 0 unspecified atom stereocenters. The second-order valence-electron chi connectivity index (χ2n) is 7.74. The Morgan fingerprint density at radius 2 is 1.76 bits per heavy atom. The van der Waals surface area contributed by atoms with Gasteiger partial charge in [0.1, 0.15) is 24.0 Å². The van der Waals surface area contributed by atoms with Crippen LogP contribution in [0, 0.1) is 5.82 Å². The van der Waals surface area contributed by atoms with Gasteiger partial charge in [-0.2, -0.15) is 9.78 Å². The fourth-order valence-corrected chi connectivity index (χ4v) is 4.00. The van der Waals surface area contributed by atoms with E-state index in [1.54, 1.807) is 24.4 Å². The molecule has 0 bridgehead atoms. The molecule has 4 aromatic rings. The van der Waals surface area contributed by atoms with Crippen molar-refractivity contribution in [1.82, 2.24) is 9.66 Å². The Labute approximate surface area is 207 Å². The average Bonchev–Trinajstić information content (AvgIpc) is 2.79. The molecule has 0 spiro atoms. The standard InChI is InChI=1S/C25H20Br2FN3O2/c1-15(2)24-30-22-9-5-19(27)12-21(22)25(32)31(24)29-13-17-11-18(26)6-10-23(17)33-14-16-3-7-20(28)8-4-16/h3-13,15H,14H2,1-2H3. The van der Waals surface area contributed by atoms with Gasteiger partial charge in [-0.25, -0.2) is 9.37 Å². The lowest BCUT2D eigenvalue weighted by Crippen LogP contribution is -2.23. The van der Waals surface area contributed by atoms with Crippen LogP contribution in [0.4, 0.5) is 4.39 Å². The lowest BCUT2D eigenvalue weighted by atomic mass is 10.2. The first-order valence-corrected chi connectivity index (χ1v) is 11.8. The first-order valence-electron chi connectivity index (χ1n) is 10.2. The van der Waals surface area contributed by atoms with Crippen LogP contribution in [0.2, 0.25) is 0 Å². The smallest absolute Gasteiger partial charge is 0.282 e. The summed E-state index contributed by atoms with van der Waals surface area (Å²) in [5.74, 6) is 0.842. The van der Waals surface area contributed by atoms with Crippen molar-refractivity contribution in [2.24, 2.45) is 5.10 Å². The first kappa shape index (κ1) is 23.3. The lowest BCUT2D eigenvalue weighted by Gasteiger charge is -2.13. The normalized spacial score (nSPS) is 11.6. The minimum Gasteiger partial charge on any atom is -0.488 e. The monoisotopic (exact) mass is 571 g/mol. The highest BCUT2D eigenvalue weighted by molar-refractivity contribution is 9.10. The van der Waals surface area contributed by atoms with E-state index < -0.39 is 0 Å². The highest BCUT2D eigenvalue weighted by Gasteiger charge is 2.14. The van der Waals surface area contributed by atoms with Crippen molar-refractivity contribution < 1.29 is 9.13 Å². The van der Waals surface area contributed by atoms with E-state index >= 15 is 0 Å². The molecule has 0 aliphatic heterocycles. The molecule has 0 amide bonds. The van der Waals surface area contributed by atoms with Crippen LogP contribution in [0.25, 0.3) is 10.9 Å². The fourth-order valence-electron chi connectivity index (χ4n) is 3.26. The van der Waals surface area contributed by atoms with Gasteiger partial charge in [-0.15, -0.1) is 0 Å². The van der Waals surface area contributed by atoms with Gasteiger partial charge in [0.05, 0.1) is 17.1 Å². The van der Waals surface area contributed by atoms with E-state index in [2.05, 4.69) is 41.9 Å². The van der Waals surface area contributed by atoms with Crippen LogP contribution in [0.5, 0.6) is 5.75 Å². The van der Waals surface area contributed by atoms with E-state index in [9.17, 15) is 9.18 Å². The Balaban J connectivity index is 1.72. The molecule has 1 aromatic heterocycles. The predicted octanol–water partition coefficient (Wildman–Crippen LogP) is 6.65. The van der Waals surface area contributed by atoms with Crippen molar-refractivity contribution >= 4 is 49.0 Å². The molecule has 0 radical (unpaired) electrons. The van der Waals surface area contributed by atoms with Crippen molar-refractivity contribution in [3.8, 4) is 5.75 Å². The Kier molecular flexibility index (Phi) is 7.05. The second-order valence-corrected chi connectivity index (χ2v) is 9.58. The molecule has 33 heavy (non-hydrogen) atoms. The Hall–Kier alpha value is -2.84. The van der Waals surface area contributed by atoms with Gasteiger partial charge >= 0.3 is 0 Å². The number of halogens is 3. The Morgan fingerprint density at radius 3 is 2.48 bits per heavy atom. The fraction of sp³-hybridized carbons (Fsp3) is 0.160. The summed E-state index contributed by atoms with van der Waals surface area (Å²) in [4.78, 5) is 17.9. The molecule has 0 aliphatic carbocycles. The number of benzene rings is 3. The number of fused-ring (bicyclic) bond motifs is 1. The van der Waals surface area contributed by atoms with E-state index in [4.69, 9.17) is 4.74 Å². The quantitative estimate of drug-likeness (QED) is 0.243. The van der Waals surface area contributed by atoms with E-state index in [1.165, 1.54) is 16.8 Å². The summed E-state index contributed by atoms with van der Waals surface area (Å²) >= 11 is 6.89. The molecule has 5 nitrogen and oxygen atoms in total. The van der Waals surface area contributed by atoms with Gasteiger partial charge in [0.15, 0.2) is 0 Å². The number of aromatic nitrogens is 2. The Morgan fingerprint density at radius 1 is 1.06 bits per heavy atom. The number of rotatable bonds is 6. The minimum absolute atomic E-state index is 0.0143. The maximum Gasteiger partial charge on any atom is 0.282 e. The van der Waals surface area contributed by atoms with Crippen molar-refractivity contribution in [2.45, 2.75) is 26.4 Å². The third-order valence-corrected chi connectivity index (χ3v) is 5.93. The topological polar surface area (TPSA) is 56.5 Å². The molecule has 168 valence electrons. The number of nitrogens with zero attached hydrogens (tertiary/aromatic N) is 3. The van der Waals surface area contributed by atoms with E-state index in [-0.39, 0.29) is 23.9 Å². The van der Waals surface area contributed by atoms with Gasteiger partial charge in [-0.05, 0) is 54.1 Å². The summed E-state index contributed by atoms with van der Waals surface area (Å²) in [7, 11) is 0. The average molecular weight is 573 g/mol. The molecule has 0 saturated heterocycles. The number of hydrogen-bond acceptors (Lipinski definition) is 4. The van der Waals surface area contributed by atoms with Crippen molar-refractivity contribution in [2.75, 3.05) is 0 Å². The van der Waals surface area contributed by atoms with Crippen molar-refractivity contribution in [1.29, 1.82) is 0 Å². The zero-order chi connectivity index (χ0) is 23.5. The highest BCUT2D eigenvalue weighted by Crippen LogP contribution is 2.24. The zero-order valence-electron chi connectivity index (χ0n) is 17.9.